The number of carboxylic acids is 4. The molecule has 0 amide bonds. The predicted molar refractivity (Wildman–Crippen MR) is 210 cm³/mol. The molecule has 16 nitrogen and oxygen atoms in total. The van der Waals surface area contributed by atoms with Crippen molar-refractivity contribution in [1.29, 1.82) is 0 Å². The molecule has 57 heavy (non-hydrogen) atoms. The third kappa shape index (κ3) is 16.0. The Balaban J connectivity index is 0.000000457. The van der Waals surface area contributed by atoms with E-state index in [9.17, 15) is 24.0 Å². The van der Waals surface area contributed by atoms with Crippen LogP contribution >= 0.6 is 0 Å². The summed E-state index contributed by atoms with van der Waals surface area (Å²) in [7, 11) is 0. The number of imidazole rings is 1. The number of hydrogen-bond acceptors (Lipinski definition) is 11. The molecule has 2 aromatic heterocycles. The number of nitrogens with zero attached hydrogens (tertiary/aromatic N) is 4. The molecule has 0 spiro atoms. The van der Waals surface area contributed by atoms with Crippen molar-refractivity contribution < 1.29 is 53.9 Å². The van der Waals surface area contributed by atoms with Crippen molar-refractivity contribution in [2.24, 2.45) is 0 Å². The fourth-order valence-corrected chi connectivity index (χ4v) is 5.71. The van der Waals surface area contributed by atoms with Gasteiger partial charge in [0.1, 0.15) is 17.3 Å². The summed E-state index contributed by atoms with van der Waals surface area (Å²) < 4.78 is 13.6. The molecule has 1 aliphatic heterocycles. The van der Waals surface area contributed by atoms with Crippen molar-refractivity contribution in [1.82, 2.24) is 19.5 Å². The van der Waals surface area contributed by atoms with Crippen LogP contribution in [0.15, 0.2) is 79.0 Å². The number of ether oxygens (including phenoxy) is 2. The second-order valence-electron chi connectivity index (χ2n) is 13.7. The minimum atomic E-state index is -1.08. The summed E-state index contributed by atoms with van der Waals surface area (Å²) in [6.45, 7) is 9.75. The van der Waals surface area contributed by atoms with Gasteiger partial charge in [-0.2, -0.15) is 0 Å². The molecule has 0 saturated carbocycles. The highest BCUT2D eigenvalue weighted by atomic mass is 16.5. The molecule has 5 N–H and O–H groups in total. The van der Waals surface area contributed by atoms with Crippen molar-refractivity contribution in [3.8, 4) is 0 Å². The Bertz CT molecular complexity index is 1780. The van der Waals surface area contributed by atoms with E-state index in [-0.39, 0.29) is 43.9 Å². The highest BCUT2D eigenvalue weighted by Crippen LogP contribution is 2.30. The molecule has 5 rings (SSSR count). The maximum atomic E-state index is 12.4. The Kier molecular flexibility index (Phi) is 18.6. The van der Waals surface area contributed by atoms with Gasteiger partial charge in [-0.15, -0.1) is 5.10 Å². The fourth-order valence-electron chi connectivity index (χ4n) is 5.71. The lowest BCUT2D eigenvalue weighted by Crippen LogP contribution is -2.38. The molecular weight excluding hydrogens is 738 g/mol. The molecule has 0 bridgehead atoms. The Hall–Kier alpha value is -5.87. The smallest absolute Gasteiger partial charge is 0.317 e. The lowest BCUT2D eigenvalue weighted by atomic mass is 9.90. The van der Waals surface area contributed by atoms with Gasteiger partial charge in [0.2, 0.25) is 0 Å². The summed E-state index contributed by atoms with van der Waals surface area (Å²) in [6.07, 6.45) is 3.93. The Morgan fingerprint density at radius 3 is 1.77 bits per heavy atom. The van der Waals surface area contributed by atoms with Crippen LogP contribution in [0, 0.1) is 0 Å². The van der Waals surface area contributed by atoms with E-state index in [1.807, 2.05) is 39.1 Å². The number of rotatable bonds is 18. The number of hydrogen-bond donors (Lipinski definition) is 5. The van der Waals surface area contributed by atoms with Crippen LogP contribution in [0.5, 0.6) is 0 Å². The number of carboxylic acid groups (broad SMARTS) is 4. The molecule has 308 valence electrons. The van der Waals surface area contributed by atoms with Crippen molar-refractivity contribution >= 4 is 41.3 Å². The van der Waals surface area contributed by atoms with E-state index in [0.717, 1.165) is 51.3 Å². The van der Waals surface area contributed by atoms with Crippen LogP contribution in [0.2, 0.25) is 0 Å². The number of likely N-dealkylation sites (tertiary alicyclic amines) is 1. The van der Waals surface area contributed by atoms with Gasteiger partial charge in [0, 0.05) is 19.6 Å². The van der Waals surface area contributed by atoms with E-state index in [1.165, 1.54) is 11.1 Å². The van der Waals surface area contributed by atoms with E-state index in [4.69, 9.17) is 29.9 Å². The molecule has 2 aromatic carbocycles. The van der Waals surface area contributed by atoms with Crippen molar-refractivity contribution in [3.05, 3.63) is 95.8 Å². The van der Waals surface area contributed by atoms with Gasteiger partial charge in [0.15, 0.2) is 5.65 Å². The fraction of sp³-hybridized carbons (Fsp3) is 0.439. The average molecular weight is 792 g/mol. The summed E-state index contributed by atoms with van der Waals surface area (Å²) in [5.74, 6) is -3.81. The number of aromatic nitrogens is 3. The number of nitrogens with one attached hydrogen (secondary N) is 1. The van der Waals surface area contributed by atoms with E-state index >= 15 is 0 Å². The van der Waals surface area contributed by atoms with Gasteiger partial charge >= 0.3 is 29.8 Å². The maximum Gasteiger partial charge on any atom is 0.317 e. The molecule has 4 aromatic rings. The first-order valence-electron chi connectivity index (χ1n) is 18.8. The lowest BCUT2D eigenvalue weighted by molar-refractivity contribution is -0.149. The first kappa shape index (κ1) is 45.5. The molecule has 1 aliphatic rings. The van der Waals surface area contributed by atoms with Crippen LogP contribution in [0.1, 0.15) is 88.6 Å². The molecule has 0 aliphatic carbocycles. The van der Waals surface area contributed by atoms with Crippen molar-refractivity contribution in [3.63, 3.8) is 0 Å². The zero-order chi connectivity index (χ0) is 41.8. The molecule has 0 radical (unpaired) electrons. The van der Waals surface area contributed by atoms with Crippen LogP contribution in [-0.2, 0) is 38.9 Å². The number of esters is 1. The molecule has 1 fully saturated rings. The quantitative estimate of drug-likeness (QED) is 0.0618. The first-order valence-corrected chi connectivity index (χ1v) is 18.8. The van der Waals surface area contributed by atoms with Gasteiger partial charge in [0.25, 0.3) is 0 Å². The highest BCUT2D eigenvalue weighted by Gasteiger charge is 2.34. The molecular formula is C41H53N5O11. The van der Waals surface area contributed by atoms with E-state index in [0.29, 0.717) is 17.9 Å². The average Bonchev–Trinajstić information content (AvgIpc) is 3.63. The Labute approximate surface area is 331 Å². The summed E-state index contributed by atoms with van der Waals surface area (Å²) in [5.41, 5.74) is 2.92. The van der Waals surface area contributed by atoms with E-state index in [2.05, 4.69) is 81.0 Å². The highest BCUT2D eigenvalue weighted by molar-refractivity contribution is 5.81. The van der Waals surface area contributed by atoms with Crippen LogP contribution in [0.3, 0.4) is 0 Å². The van der Waals surface area contributed by atoms with Crippen LogP contribution in [0.25, 0.3) is 5.65 Å². The van der Waals surface area contributed by atoms with Gasteiger partial charge in [-0.25, -0.2) is 9.50 Å². The second-order valence-corrected chi connectivity index (χ2v) is 13.7. The summed E-state index contributed by atoms with van der Waals surface area (Å²) >= 11 is 0. The summed E-state index contributed by atoms with van der Waals surface area (Å²) in [6, 6.07) is 24.9. The topological polar surface area (TPSA) is 230 Å². The molecule has 16 heteroatoms. The van der Waals surface area contributed by atoms with Crippen LogP contribution in [0.4, 0.5) is 5.82 Å². The number of carbonyl (C=O) groups excluding carboxylic acids is 1. The summed E-state index contributed by atoms with van der Waals surface area (Å²) in [5, 5.41) is 39.7. The zero-order valence-electron chi connectivity index (χ0n) is 32.6. The third-order valence-electron chi connectivity index (χ3n) is 8.88. The molecule has 0 unspecified atom stereocenters. The lowest BCUT2D eigenvalue weighted by Gasteiger charge is -2.34. The van der Waals surface area contributed by atoms with E-state index < -0.39 is 29.3 Å². The second kappa shape index (κ2) is 23.3. The van der Waals surface area contributed by atoms with Crippen LogP contribution in [-0.4, -0.2) is 109 Å². The zero-order valence-corrected chi connectivity index (χ0v) is 32.6. The normalized spacial score (nSPS) is 13.1. The maximum absolute atomic E-state index is 12.4. The van der Waals surface area contributed by atoms with Gasteiger partial charge < -0.3 is 40.1 Å². The standard InChI is InChI=1S/C33H41N5O3.2C4H6O4/c1-4-40-32(39)33(2,3)28-24-38-30(35-28)17-16-29(36-38)34-20-11-21-37-22-18-27(19-23-37)41-31(25-12-7-5-8-13-25)26-14-9-6-10-15-26;2*5-3(6)1-2-4(7)8/h5-10,12-17,24,27,31H,4,11,18-23H2,1-3H3,(H,34,36);2*1-2H2,(H,5,6)(H,7,8). The third-order valence-corrected chi connectivity index (χ3v) is 8.88. The van der Waals surface area contributed by atoms with Crippen molar-refractivity contribution in [2.45, 2.75) is 83.3 Å². The van der Waals surface area contributed by atoms with Crippen LogP contribution < -0.4 is 5.32 Å². The number of piperidine rings is 1. The monoisotopic (exact) mass is 791 g/mol. The SMILES string of the molecule is CCOC(=O)C(C)(C)c1cn2nc(NCCCN3CCC(OC(c4ccccc4)c4ccccc4)CC3)ccc2n1.O=C(O)CCC(=O)O.O=C(O)CCC(=O)O. The van der Waals surface area contributed by atoms with Gasteiger partial charge in [-0.1, -0.05) is 60.7 Å². The molecule has 1 saturated heterocycles. The first-order chi connectivity index (χ1) is 27.2. The molecule has 3 heterocycles. The number of benzene rings is 2. The summed E-state index contributed by atoms with van der Waals surface area (Å²) in [4.78, 5) is 58.1. The minimum Gasteiger partial charge on any atom is -0.481 e. The Morgan fingerprint density at radius 2 is 1.30 bits per heavy atom. The van der Waals surface area contributed by atoms with Crippen molar-refractivity contribution in [2.75, 3.05) is 38.1 Å². The largest absolute Gasteiger partial charge is 0.481 e. The number of carbonyl (C=O) groups is 5. The van der Waals surface area contributed by atoms with E-state index in [1.54, 1.807) is 4.52 Å². The number of fused-ring (bicyclic) bond motifs is 1. The van der Waals surface area contributed by atoms with Gasteiger partial charge in [-0.3, -0.25) is 24.0 Å². The molecule has 0 atom stereocenters. The Morgan fingerprint density at radius 1 is 0.789 bits per heavy atom. The minimum absolute atomic E-state index is 0.0363. The predicted octanol–water partition coefficient (Wildman–Crippen LogP) is 5.51. The number of aliphatic carboxylic acids is 4. The van der Waals surface area contributed by atoms with Gasteiger partial charge in [-0.05, 0) is 69.8 Å². The van der Waals surface area contributed by atoms with Gasteiger partial charge in [0.05, 0.1) is 50.3 Å². The number of anilines is 1.